The zero-order chi connectivity index (χ0) is 21.8. The van der Waals surface area contributed by atoms with E-state index in [1.165, 1.54) is 27.9 Å². The highest BCUT2D eigenvalue weighted by Gasteiger charge is 2.29. The highest BCUT2D eigenvalue weighted by Crippen LogP contribution is 2.40. The molecule has 3 rings (SSSR count). The average Bonchev–Trinajstić information content (AvgIpc) is 3.02. The third kappa shape index (κ3) is 5.39. The fourth-order valence-corrected chi connectivity index (χ4v) is 5.05. The third-order valence-electron chi connectivity index (χ3n) is 5.33. The topological polar surface area (TPSA) is 55.4 Å². The summed E-state index contributed by atoms with van der Waals surface area (Å²) in [6.45, 7) is 10.2. The van der Waals surface area contributed by atoms with E-state index in [1.807, 2.05) is 26.0 Å². The van der Waals surface area contributed by atoms with Crippen molar-refractivity contribution in [2.45, 2.75) is 65.9 Å². The first-order chi connectivity index (χ1) is 14.2. The zero-order valence-corrected chi connectivity index (χ0v) is 19.3. The molecule has 0 bridgehead atoms. The van der Waals surface area contributed by atoms with Crippen molar-refractivity contribution in [3.8, 4) is 0 Å². The van der Waals surface area contributed by atoms with E-state index in [1.54, 1.807) is 6.08 Å². The molecule has 0 spiro atoms. The number of carbonyl (C=O) groups is 2. The predicted octanol–water partition coefficient (Wildman–Crippen LogP) is 6.21. The summed E-state index contributed by atoms with van der Waals surface area (Å²) in [7, 11) is 0. The van der Waals surface area contributed by atoms with Crippen LogP contribution in [0.25, 0.3) is 6.08 Å². The van der Waals surface area contributed by atoms with Gasteiger partial charge in [-0.1, -0.05) is 45.0 Å². The number of hydrogen-bond acceptors (Lipinski definition) is 4. The number of nitrogens with one attached hydrogen (secondary N) is 1. The summed E-state index contributed by atoms with van der Waals surface area (Å²) in [6, 6.07) is 8.18. The van der Waals surface area contributed by atoms with Gasteiger partial charge in [-0.3, -0.25) is 4.79 Å². The number of fused-ring (bicyclic) bond motifs is 1. The molecule has 1 aliphatic rings. The fourth-order valence-electron chi connectivity index (χ4n) is 3.65. The molecule has 0 aliphatic heterocycles. The molecule has 0 saturated heterocycles. The molecule has 1 N–H and O–H groups in total. The third-order valence-corrected chi connectivity index (χ3v) is 6.50. The number of carbonyl (C=O) groups excluding carboxylic acids is 2. The molecule has 0 fully saturated rings. The van der Waals surface area contributed by atoms with Gasteiger partial charge in [0, 0.05) is 11.0 Å². The molecule has 1 atom stereocenters. The molecule has 2 aromatic rings. The van der Waals surface area contributed by atoms with Crippen LogP contribution in [0.15, 0.2) is 30.3 Å². The van der Waals surface area contributed by atoms with Crippen molar-refractivity contribution in [3.63, 3.8) is 0 Å². The van der Waals surface area contributed by atoms with Crippen molar-refractivity contribution >= 4 is 34.3 Å². The Labute approximate surface area is 183 Å². The van der Waals surface area contributed by atoms with Gasteiger partial charge >= 0.3 is 5.97 Å². The fraction of sp³-hybridized carbons (Fsp3) is 0.440. The Bertz CT molecular complexity index is 938. The first kappa shape index (κ1) is 22.3. The summed E-state index contributed by atoms with van der Waals surface area (Å²) in [4.78, 5) is 26.5. The molecular weight excluding hydrogens is 394 g/mol. The van der Waals surface area contributed by atoms with E-state index in [4.69, 9.17) is 4.74 Å². The number of thiophene rings is 1. The highest BCUT2D eigenvalue weighted by atomic mass is 32.1. The number of ether oxygens (including phenoxy) is 1. The van der Waals surface area contributed by atoms with Crippen LogP contribution in [0, 0.1) is 5.92 Å². The minimum atomic E-state index is -0.347. The molecule has 0 saturated carbocycles. The van der Waals surface area contributed by atoms with E-state index in [0.717, 1.165) is 30.4 Å². The van der Waals surface area contributed by atoms with Crippen LogP contribution in [0.4, 0.5) is 5.00 Å². The molecule has 1 aromatic heterocycles. The molecule has 4 nitrogen and oxygen atoms in total. The Balaban J connectivity index is 1.79. The first-order valence-corrected chi connectivity index (χ1v) is 11.5. The number of hydrogen-bond donors (Lipinski definition) is 1. The van der Waals surface area contributed by atoms with Crippen LogP contribution < -0.4 is 5.32 Å². The van der Waals surface area contributed by atoms with E-state index in [9.17, 15) is 9.59 Å². The van der Waals surface area contributed by atoms with Gasteiger partial charge < -0.3 is 10.1 Å². The molecule has 1 amide bonds. The minimum absolute atomic E-state index is 0.201. The number of esters is 1. The van der Waals surface area contributed by atoms with Crippen molar-refractivity contribution < 1.29 is 14.3 Å². The normalized spacial score (nSPS) is 16.2. The average molecular weight is 426 g/mol. The molecule has 160 valence electrons. The smallest absolute Gasteiger partial charge is 0.341 e. The van der Waals surface area contributed by atoms with Crippen LogP contribution in [-0.4, -0.2) is 18.0 Å². The Morgan fingerprint density at radius 2 is 1.87 bits per heavy atom. The van der Waals surface area contributed by atoms with E-state index in [2.05, 4.69) is 38.2 Å². The summed E-state index contributed by atoms with van der Waals surface area (Å²) in [5.74, 6) is 0.471. The van der Waals surface area contributed by atoms with Gasteiger partial charge in [-0.15, -0.1) is 11.3 Å². The quantitative estimate of drug-likeness (QED) is 0.442. The number of rotatable bonds is 6. The van der Waals surface area contributed by atoms with E-state index in [0.29, 0.717) is 22.4 Å². The Hall–Kier alpha value is -2.40. The van der Waals surface area contributed by atoms with Gasteiger partial charge in [0.25, 0.3) is 0 Å². The standard InChI is InChI=1S/C25H31NO3S/c1-15(2)19-10-7-18(8-11-19)9-13-22(27)26-24-23(25(28)29-16(3)4)20-12-6-17(5)14-21(20)30-24/h7-11,13,15-17H,6,12,14H2,1-5H3,(H,26,27)/b13-9+/t17-/m1/s1. The lowest BCUT2D eigenvalue weighted by Gasteiger charge is -2.18. The monoisotopic (exact) mass is 425 g/mol. The maximum atomic E-state index is 12.8. The second-order valence-electron chi connectivity index (χ2n) is 8.65. The zero-order valence-electron chi connectivity index (χ0n) is 18.5. The molecule has 1 aliphatic carbocycles. The minimum Gasteiger partial charge on any atom is -0.459 e. The van der Waals surface area contributed by atoms with Crippen LogP contribution in [-0.2, 0) is 22.4 Å². The largest absolute Gasteiger partial charge is 0.459 e. The van der Waals surface area contributed by atoms with Gasteiger partial charge in [0.05, 0.1) is 11.7 Å². The van der Waals surface area contributed by atoms with Crippen molar-refractivity contribution in [2.24, 2.45) is 5.92 Å². The van der Waals surface area contributed by atoms with Crippen LogP contribution >= 0.6 is 11.3 Å². The van der Waals surface area contributed by atoms with E-state index in [-0.39, 0.29) is 18.0 Å². The molecular formula is C25H31NO3S. The predicted molar refractivity (Wildman–Crippen MR) is 124 cm³/mol. The molecule has 30 heavy (non-hydrogen) atoms. The molecule has 1 heterocycles. The lowest BCUT2D eigenvalue weighted by molar-refractivity contribution is -0.111. The van der Waals surface area contributed by atoms with Crippen molar-refractivity contribution in [1.29, 1.82) is 0 Å². The molecule has 5 heteroatoms. The molecule has 0 unspecified atom stereocenters. The molecule has 0 radical (unpaired) electrons. The summed E-state index contributed by atoms with van der Waals surface area (Å²) < 4.78 is 5.47. The van der Waals surface area contributed by atoms with Crippen LogP contribution in [0.2, 0.25) is 0 Å². The van der Waals surface area contributed by atoms with Gasteiger partial charge in [0.15, 0.2) is 0 Å². The Morgan fingerprint density at radius 3 is 2.50 bits per heavy atom. The number of amides is 1. The second-order valence-corrected chi connectivity index (χ2v) is 9.76. The highest BCUT2D eigenvalue weighted by molar-refractivity contribution is 7.17. The van der Waals surface area contributed by atoms with Gasteiger partial charge in [-0.25, -0.2) is 4.79 Å². The summed E-state index contributed by atoms with van der Waals surface area (Å²) >= 11 is 1.51. The summed E-state index contributed by atoms with van der Waals surface area (Å²) in [5.41, 5.74) is 3.82. The maximum Gasteiger partial charge on any atom is 0.341 e. The van der Waals surface area contributed by atoms with Gasteiger partial charge in [-0.05, 0) is 67.7 Å². The van der Waals surface area contributed by atoms with Crippen molar-refractivity contribution in [2.75, 3.05) is 5.32 Å². The van der Waals surface area contributed by atoms with Gasteiger partial charge in [0.1, 0.15) is 5.00 Å². The van der Waals surface area contributed by atoms with E-state index >= 15 is 0 Å². The summed E-state index contributed by atoms with van der Waals surface area (Å²) in [5, 5.41) is 3.53. The summed E-state index contributed by atoms with van der Waals surface area (Å²) in [6.07, 6.45) is 5.95. The first-order valence-electron chi connectivity index (χ1n) is 10.7. The molecule has 1 aromatic carbocycles. The van der Waals surface area contributed by atoms with Gasteiger partial charge in [-0.2, -0.15) is 0 Å². The van der Waals surface area contributed by atoms with Gasteiger partial charge in [0.2, 0.25) is 5.91 Å². The van der Waals surface area contributed by atoms with Crippen molar-refractivity contribution in [1.82, 2.24) is 0 Å². The maximum absolute atomic E-state index is 12.8. The van der Waals surface area contributed by atoms with Crippen LogP contribution in [0.1, 0.15) is 78.9 Å². The number of anilines is 1. The SMILES string of the molecule is CC(C)OC(=O)c1c(NC(=O)/C=C/c2ccc(C(C)C)cc2)sc2c1CC[C@@H](C)C2. The number of benzene rings is 1. The van der Waals surface area contributed by atoms with Crippen LogP contribution in [0.5, 0.6) is 0 Å². The Kier molecular flexibility index (Phi) is 7.14. The Morgan fingerprint density at radius 1 is 1.17 bits per heavy atom. The lowest BCUT2D eigenvalue weighted by Crippen LogP contribution is -2.18. The van der Waals surface area contributed by atoms with E-state index < -0.39 is 0 Å². The second kappa shape index (κ2) is 9.61. The lowest BCUT2D eigenvalue weighted by atomic mass is 9.88. The van der Waals surface area contributed by atoms with Crippen LogP contribution in [0.3, 0.4) is 0 Å². The van der Waals surface area contributed by atoms with Crippen molar-refractivity contribution in [3.05, 3.63) is 57.5 Å².